The van der Waals surface area contributed by atoms with Crippen LogP contribution in [-0.4, -0.2) is 31.9 Å². The molecule has 0 unspecified atom stereocenters. The van der Waals surface area contributed by atoms with Crippen LogP contribution < -0.4 is 5.32 Å². The van der Waals surface area contributed by atoms with Crippen molar-refractivity contribution in [1.29, 1.82) is 0 Å². The monoisotopic (exact) mass is 340 g/mol. The summed E-state index contributed by atoms with van der Waals surface area (Å²) in [6, 6.07) is 17.0. The maximum absolute atomic E-state index is 6.11. The van der Waals surface area contributed by atoms with Gasteiger partial charge in [0.1, 0.15) is 12.2 Å². The lowest BCUT2D eigenvalue weighted by Gasteiger charge is -2.43. The lowest BCUT2D eigenvalue weighted by molar-refractivity contribution is -0.151. The summed E-state index contributed by atoms with van der Waals surface area (Å²) in [6.07, 6.45) is -0.0620. The van der Waals surface area contributed by atoms with Crippen LogP contribution in [0.4, 0.5) is 5.69 Å². The van der Waals surface area contributed by atoms with Crippen LogP contribution in [0.2, 0.25) is 0 Å². The second-order valence-corrected chi connectivity index (χ2v) is 6.81. The Balaban J connectivity index is 1.72. The molecule has 2 aromatic rings. The molecule has 124 valence electrons. The van der Waals surface area contributed by atoms with Gasteiger partial charge in [-0.05, 0) is 23.8 Å². The van der Waals surface area contributed by atoms with Gasteiger partial charge in [-0.3, -0.25) is 4.99 Å². The number of fused-ring (bicyclic) bond motifs is 3. The molecular weight excluding hydrogens is 320 g/mol. The van der Waals surface area contributed by atoms with Gasteiger partial charge in [-0.1, -0.05) is 42.1 Å². The highest BCUT2D eigenvalue weighted by Crippen LogP contribution is 2.45. The Bertz CT molecular complexity index is 735. The number of hydrogen-bond acceptors (Lipinski definition) is 5. The predicted molar refractivity (Wildman–Crippen MR) is 98.0 cm³/mol. The first-order chi connectivity index (χ1) is 11.9. The minimum Gasteiger partial charge on any atom is -0.375 e. The Kier molecular flexibility index (Phi) is 4.56. The fraction of sp³-hybridized carbons (Fsp3) is 0.316. The number of ether oxygens (including phenoxy) is 2. The van der Waals surface area contributed by atoms with Gasteiger partial charge in [-0.25, -0.2) is 0 Å². The number of aliphatic imine (C=N–C) groups is 1. The van der Waals surface area contributed by atoms with Crippen molar-refractivity contribution in [3.05, 3.63) is 59.7 Å². The van der Waals surface area contributed by atoms with Crippen molar-refractivity contribution in [2.45, 2.75) is 23.1 Å². The molecule has 24 heavy (non-hydrogen) atoms. The minimum absolute atomic E-state index is 0.0197. The van der Waals surface area contributed by atoms with E-state index in [9.17, 15) is 0 Å². The zero-order chi connectivity index (χ0) is 16.4. The molecule has 1 saturated heterocycles. The number of benzene rings is 2. The van der Waals surface area contributed by atoms with Crippen LogP contribution in [0.3, 0.4) is 0 Å². The molecule has 2 heterocycles. The second kappa shape index (κ2) is 6.97. The molecule has 1 N–H and O–H groups in total. The normalized spacial score (nSPS) is 25.8. The third-order valence-corrected chi connectivity index (χ3v) is 5.25. The third kappa shape index (κ3) is 2.95. The number of rotatable bonds is 3. The number of nitrogens with one attached hydrogen (secondary N) is 1. The molecule has 1 fully saturated rings. The highest BCUT2D eigenvalue weighted by atomic mass is 32.2. The van der Waals surface area contributed by atoms with Gasteiger partial charge in [0.05, 0.1) is 24.8 Å². The Morgan fingerprint density at radius 3 is 2.79 bits per heavy atom. The smallest absolute Gasteiger partial charge is 0.113 e. The van der Waals surface area contributed by atoms with Gasteiger partial charge < -0.3 is 14.8 Å². The third-order valence-electron chi connectivity index (χ3n) is 4.41. The molecule has 2 aliphatic rings. The molecule has 0 bridgehead atoms. The summed E-state index contributed by atoms with van der Waals surface area (Å²) in [4.78, 5) is 5.20. The maximum Gasteiger partial charge on any atom is 0.113 e. The number of anilines is 1. The average molecular weight is 340 g/mol. The maximum atomic E-state index is 6.11. The second-order valence-electron chi connectivity index (χ2n) is 5.89. The lowest BCUT2D eigenvalue weighted by atomic mass is 9.88. The van der Waals surface area contributed by atoms with Crippen LogP contribution in [0, 0.1) is 0 Å². The topological polar surface area (TPSA) is 42.9 Å². The van der Waals surface area contributed by atoms with Crippen LogP contribution >= 0.6 is 11.8 Å². The van der Waals surface area contributed by atoms with Crippen molar-refractivity contribution >= 4 is 23.0 Å². The molecule has 3 atom stereocenters. The molecular formula is C19H20N2O2S. The molecule has 0 aromatic heterocycles. The van der Waals surface area contributed by atoms with Gasteiger partial charge >= 0.3 is 0 Å². The quantitative estimate of drug-likeness (QED) is 0.520. The van der Waals surface area contributed by atoms with E-state index in [1.54, 1.807) is 18.8 Å². The van der Waals surface area contributed by atoms with E-state index in [4.69, 9.17) is 9.47 Å². The fourth-order valence-corrected chi connectivity index (χ4v) is 3.93. The van der Waals surface area contributed by atoms with E-state index in [0.29, 0.717) is 13.2 Å². The van der Waals surface area contributed by atoms with Crippen molar-refractivity contribution in [3.8, 4) is 0 Å². The van der Waals surface area contributed by atoms with E-state index in [-0.39, 0.29) is 18.2 Å². The molecule has 2 aromatic carbocycles. The average Bonchev–Trinajstić information content (AvgIpc) is 2.66. The SMILES string of the molecule is CN=CSc1ccc2c(c1)[C@H]1OCCO[C@H]1[C@H](c1ccccc1)N2. The zero-order valence-corrected chi connectivity index (χ0v) is 14.3. The molecule has 0 spiro atoms. The Morgan fingerprint density at radius 2 is 1.96 bits per heavy atom. The van der Waals surface area contributed by atoms with E-state index in [1.807, 2.05) is 11.6 Å². The predicted octanol–water partition coefficient (Wildman–Crippen LogP) is 4.06. The fourth-order valence-electron chi connectivity index (χ4n) is 3.36. The van der Waals surface area contributed by atoms with Gasteiger partial charge in [0, 0.05) is 23.2 Å². The summed E-state index contributed by atoms with van der Waals surface area (Å²) < 4.78 is 12.2. The lowest BCUT2D eigenvalue weighted by Crippen LogP contribution is -2.43. The molecule has 4 rings (SSSR count). The van der Waals surface area contributed by atoms with E-state index in [0.717, 1.165) is 10.6 Å². The highest BCUT2D eigenvalue weighted by Gasteiger charge is 2.41. The standard InChI is InChI=1S/C19H20N2O2S/c1-20-12-24-14-7-8-16-15(11-14)18-19(23-10-9-22-18)17(21-16)13-5-3-2-4-6-13/h2-8,11-12,17-19,21H,9-10H2,1H3/t17-,18+,19-/m0/s1. The Labute approximate surface area is 146 Å². The Morgan fingerprint density at radius 1 is 1.12 bits per heavy atom. The van der Waals surface area contributed by atoms with Crippen molar-refractivity contribution in [1.82, 2.24) is 0 Å². The minimum atomic E-state index is -0.0423. The van der Waals surface area contributed by atoms with E-state index in [2.05, 4.69) is 52.8 Å². The first-order valence-electron chi connectivity index (χ1n) is 8.13. The molecule has 0 radical (unpaired) electrons. The number of hydrogen-bond donors (Lipinski definition) is 1. The van der Waals surface area contributed by atoms with E-state index < -0.39 is 0 Å². The summed E-state index contributed by atoms with van der Waals surface area (Å²) in [7, 11) is 1.78. The van der Waals surface area contributed by atoms with Gasteiger partial charge in [0.2, 0.25) is 0 Å². The summed E-state index contributed by atoms with van der Waals surface area (Å²) in [5.74, 6) is 0. The van der Waals surface area contributed by atoms with Crippen molar-refractivity contribution in [2.75, 3.05) is 25.6 Å². The van der Waals surface area contributed by atoms with Crippen LogP contribution in [0.5, 0.6) is 0 Å². The molecule has 2 aliphatic heterocycles. The van der Waals surface area contributed by atoms with Crippen molar-refractivity contribution in [2.24, 2.45) is 4.99 Å². The summed E-state index contributed by atoms with van der Waals surface area (Å²) in [5.41, 5.74) is 5.36. The molecule has 0 aliphatic carbocycles. The van der Waals surface area contributed by atoms with Crippen molar-refractivity contribution < 1.29 is 9.47 Å². The first kappa shape index (κ1) is 15.7. The molecule has 4 nitrogen and oxygen atoms in total. The van der Waals surface area contributed by atoms with Crippen LogP contribution in [0.25, 0.3) is 0 Å². The van der Waals surface area contributed by atoms with E-state index in [1.165, 1.54) is 11.1 Å². The molecule has 5 heteroatoms. The zero-order valence-electron chi connectivity index (χ0n) is 13.5. The van der Waals surface area contributed by atoms with E-state index >= 15 is 0 Å². The number of thioether (sulfide) groups is 1. The summed E-state index contributed by atoms with van der Waals surface area (Å²) in [6.45, 7) is 1.27. The van der Waals surface area contributed by atoms with Gasteiger partial charge in [0.25, 0.3) is 0 Å². The van der Waals surface area contributed by atoms with Gasteiger partial charge in [-0.2, -0.15) is 0 Å². The largest absolute Gasteiger partial charge is 0.375 e. The number of nitrogens with zero attached hydrogens (tertiary/aromatic N) is 1. The van der Waals surface area contributed by atoms with Crippen molar-refractivity contribution in [3.63, 3.8) is 0 Å². The molecule has 0 saturated carbocycles. The van der Waals surface area contributed by atoms with Crippen LogP contribution in [-0.2, 0) is 9.47 Å². The van der Waals surface area contributed by atoms with Crippen LogP contribution in [0.1, 0.15) is 23.3 Å². The summed E-state index contributed by atoms with van der Waals surface area (Å²) in [5, 5.41) is 3.65. The molecule has 0 amide bonds. The van der Waals surface area contributed by atoms with Gasteiger partial charge in [0.15, 0.2) is 0 Å². The van der Waals surface area contributed by atoms with Crippen LogP contribution in [0.15, 0.2) is 58.4 Å². The Hall–Kier alpha value is -1.82. The van der Waals surface area contributed by atoms with Gasteiger partial charge in [-0.15, -0.1) is 0 Å². The first-order valence-corrected chi connectivity index (χ1v) is 9.01. The summed E-state index contributed by atoms with van der Waals surface area (Å²) >= 11 is 1.61. The highest BCUT2D eigenvalue weighted by molar-refractivity contribution is 8.12.